The molecule has 2 nitrogen and oxygen atoms in total. The van der Waals surface area contributed by atoms with Crippen LogP contribution in [0.1, 0.15) is 13.8 Å². The second-order valence-corrected chi connectivity index (χ2v) is 5.10. The van der Waals surface area contributed by atoms with E-state index in [9.17, 15) is 0 Å². The zero-order valence-electron chi connectivity index (χ0n) is 6.50. The molecular formula is C6H12N2S2. The minimum Gasteiger partial charge on any atom is -0.230 e. The van der Waals surface area contributed by atoms with Crippen LogP contribution in [0, 0.1) is 11.3 Å². The van der Waals surface area contributed by atoms with Gasteiger partial charge in [-0.05, 0) is 18.0 Å². The van der Waals surface area contributed by atoms with Gasteiger partial charge >= 0.3 is 0 Å². The lowest BCUT2D eigenvalue weighted by Gasteiger charge is -2.10. The molecule has 0 spiro atoms. The standard InChI is InChI=1S/C6H12N2S2/c1-6(2)9-10-8(3)5-4-7/h6H,5H2,1-3H3. The second-order valence-electron chi connectivity index (χ2n) is 2.16. The summed E-state index contributed by atoms with van der Waals surface area (Å²) in [5, 5.41) is 8.90. The van der Waals surface area contributed by atoms with Crippen LogP contribution in [0.25, 0.3) is 0 Å². The van der Waals surface area contributed by atoms with Crippen molar-refractivity contribution in [3.8, 4) is 6.07 Å². The Bertz CT molecular complexity index is 119. The third kappa shape index (κ3) is 6.27. The van der Waals surface area contributed by atoms with Gasteiger partial charge < -0.3 is 0 Å². The molecule has 4 heteroatoms. The van der Waals surface area contributed by atoms with Gasteiger partial charge in [-0.2, -0.15) is 5.26 Å². The lowest BCUT2D eigenvalue weighted by Crippen LogP contribution is -2.07. The van der Waals surface area contributed by atoms with Gasteiger partial charge in [-0.1, -0.05) is 24.6 Å². The zero-order chi connectivity index (χ0) is 7.98. The Labute approximate surface area is 70.5 Å². The van der Waals surface area contributed by atoms with E-state index in [1.165, 1.54) is 0 Å². The Hall–Kier alpha value is 0.150. The van der Waals surface area contributed by atoms with Crippen molar-refractivity contribution in [1.29, 1.82) is 5.26 Å². The Morgan fingerprint density at radius 1 is 1.60 bits per heavy atom. The molecule has 0 aliphatic carbocycles. The SMILES string of the molecule is CC(C)SSN(C)CC#N. The van der Waals surface area contributed by atoms with Crippen molar-refractivity contribution in [2.75, 3.05) is 13.6 Å². The average molecular weight is 176 g/mol. The molecule has 0 rings (SSSR count). The lowest BCUT2D eigenvalue weighted by molar-refractivity contribution is 0.649. The smallest absolute Gasteiger partial charge is 0.0966 e. The molecule has 0 heterocycles. The normalized spacial score (nSPS) is 10.4. The molecule has 0 fully saturated rings. The van der Waals surface area contributed by atoms with Crippen molar-refractivity contribution < 1.29 is 0 Å². The van der Waals surface area contributed by atoms with Gasteiger partial charge in [-0.3, -0.25) is 0 Å². The fourth-order valence-corrected chi connectivity index (χ4v) is 1.83. The summed E-state index contributed by atoms with van der Waals surface area (Å²) in [7, 11) is 5.33. The van der Waals surface area contributed by atoms with Crippen LogP contribution >= 0.6 is 21.8 Å². The largest absolute Gasteiger partial charge is 0.230 e. The third-order valence-corrected chi connectivity index (χ3v) is 3.69. The van der Waals surface area contributed by atoms with Crippen LogP contribution in [0.15, 0.2) is 0 Å². The first kappa shape index (κ1) is 10.2. The van der Waals surface area contributed by atoms with Crippen LogP contribution in [-0.4, -0.2) is 23.1 Å². The van der Waals surface area contributed by atoms with E-state index >= 15 is 0 Å². The maximum atomic E-state index is 8.29. The van der Waals surface area contributed by atoms with E-state index in [4.69, 9.17) is 5.26 Å². The summed E-state index contributed by atoms with van der Waals surface area (Å²) in [6, 6.07) is 2.08. The van der Waals surface area contributed by atoms with E-state index in [0.29, 0.717) is 11.8 Å². The first-order valence-electron chi connectivity index (χ1n) is 3.08. The van der Waals surface area contributed by atoms with E-state index in [2.05, 4.69) is 19.9 Å². The molecular weight excluding hydrogens is 164 g/mol. The minimum atomic E-state index is 0.490. The van der Waals surface area contributed by atoms with E-state index in [-0.39, 0.29) is 0 Å². The maximum Gasteiger partial charge on any atom is 0.0966 e. The molecule has 0 saturated heterocycles. The van der Waals surface area contributed by atoms with Crippen molar-refractivity contribution in [1.82, 2.24) is 4.31 Å². The van der Waals surface area contributed by atoms with E-state index in [1.807, 2.05) is 11.4 Å². The fourth-order valence-electron chi connectivity index (χ4n) is 0.285. The highest BCUT2D eigenvalue weighted by Gasteiger charge is 1.99. The summed E-state index contributed by atoms with van der Waals surface area (Å²) in [5.74, 6) is 0. The molecule has 58 valence electrons. The van der Waals surface area contributed by atoms with Crippen LogP contribution in [-0.2, 0) is 0 Å². The van der Waals surface area contributed by atoms with Gasteiger partial charge in [0.15, 0.2) is 0 Å². The van der Waals surface area contributed by atoms with Crippen LogP contribution in [0.2, 0.25) is 0 Å². The van der Waals surface area contributed by atoms with Gasteiger partial charge in [0, 0.05) is 5.25 Å². The van der Waals surface area contributed by atoms with Crippen molar-refractivity contribution in [2.45, 2.75) is 19.1 Å². The molecule has 0 bridgehead atoms. The van der Waals surface area contributed by atoms with Crippen LogP contribution in [0.3, 0.4) is 0 Å². The topological polar surface area (TPSA) is 27.0 Å². The predicted octanol–water partition coefficient (Wildman–Crippen LogP) is 2.15. The Kier molecular flexibility index (Phi) is 5.99. The summed E-state index contributed by atoms with van der Waals surface area (Å²) >= 11 is 0. The monoisotopic (exact) mass is 176 g/mol. The van der Waals surface area contributed by atoms with Crippen LogP contribution in [0.5, 0.6) is 0 Å². The average Bonchev–Trinajstić information content (AvgIpc) is 1.85. The summed E-state index contributed by atoms with van der Waals surface area (Å²) < 4.78 is 1.92. The highest BCUT2D eigenvalue weighted by molar-refractivity contribution is 8.76. The maximum absolute atomic E-state index is 8.29. The van der Waals surface area contributed by atoms with Crippen molar-refractivity contribution in [3.05, 3.63) is 0 Å². The highest BCUT2D eigenvalue weighted by atomic mass is 33.1. The van der Waals surface area contributed by atoms with Crippen molar-refractivity contribution in [2.24, 2.45) is 0 Å². The lowest BCUT2D eigenvalue weighted by atomic mass is 10.6. The zero-order valence-corrected chi connectivity index (χ0v) is 8.13. The third-order valence-electron chi connectivity index (χ3n) is 0.656. The van der Waals surface area contributed by atoms with E-state index < -0.39 is 0 Å². The number of nitriles is 1. The van der Waals surface area contributed by atoms with E-state index in [1.54, 1.807) is 21.8 Å². The molecule has 0 aromatic rings. The summed E-state index contributed by atoms with van der Waals surface area (Å²) in [6.07, 6.45) is 0. The molecule has 0 atom stereocenters. The van der Waals surface area contributed by atoms with Crippen molar-refractivity contribution in [3.63, 3.8) is 0 Å². The number of nitrogens with zero attached hydrogens (tertiary/aromatic N) is 2. The fraction of sp³-hybridized carbons (Fsp3) is 0.833. The van der Waals surface area contributed by atoms with Gasteiger partial charge in [-0.15, -0.1) is 0 Å². The van der Waals surface area contributed by atoms with Gasteiger partial charge in [0.1, 0.15) is 0 Å². The molecule has 0 aromatic carbocycles. The molecule has 0 aliphatic rings. The summed E-state index contributed by atoms with van der Waals surface area (Å²) in [4.78, 5) is 0. The van der Waals surface area contributed by atoms with E-state index in [0.717, 1.165) is 0 Å². The molecule has 0 unspecified atom stereocenters. The Morgan fingerprint density at radius 2 is 2.20 bits per heavy atom. The molecule has 0 aliphatic heterocycles. The summed E-state index contributed by atoms with van der Waals surface area (Å²) in [5.41, 5.74) is 0. The molecule has 0 N–H and O–H groups in total. The van der Waals surface area contributed by atoms with Gasteiger partial charge in [0.05, 0.1) is 12.6 Å². The second kappa shape index (κ2) is 5.90. The van der Waals surface area contributed by atoms with Gasteiger partial charge in [-0.25, -0.2) is 4.31 Å². The van der Waals surface area contributed by atoms with Crippen LogP contribution < -0.4 is 0 Å². The Balaban J connectivity index is 3.23. The molecule has 10 heavy (non-hydrogen) atoms. The van der Waals surface area contributed by atoms with Gasteiger partial charge in [0.2, 0.25) is 0 Å². The molecule has 0 saturated carbocycles. The minimum absolute atomic E-state index is 0.490. The quantitative estimate of drug-likeness (QED) is 0.372. The first-order chi connectivity index (χ1) is 4.66. The Morgan fingerprint density at radius 3 is 2.60 bits per heavy atom. The molecule has 0 aromatic heterocycles. The summed E-state index contributed by atoms with van der Waals surface area (Å²) in [6.45, 7) is 4.76. The number of hydrogen-bond acceptors (Lipinski definition) is 4. The number of hydrogen-bond donors (Lipinski definition) is 0. The predicted molar refractivity (Wildman–Crippen MR) is 48.6 cm³/mol. The number of rotatable bonds is 4. The first-order valence-corrected chi connectivity index (χ1v) is 5.25. The van der Waals surface area contributed by atoms with Crippen molar-refractivity contribution >= 4 is 21.8 Å². The molecule has 0 radical (unpaired) electrons. The van der Waals surface area contributed by atoms with Crippen LogP contribution in [0.4, 0.5) is 0 Å². The van der Waals surface area contributed by atoms with Gasteiger partial charge in [0.25, 0.3) is 0 Å². The highest BCUT2D eigenvalue weighted by Crippen LogP contribution is 2.27. The molecule has 0 amide bonds.